The SMILES string of the molecule is Cc1nc(-c2cc3ccccc3o2)cs1. The summed E-state index contributed by atoms with van der Waals surface area (Å²) in [4.78, 5) is 4.40. The molecule has 15 heavy (non-hydrogen) atoms. The van der Waals surface area contributed by atoms with Gasteiger partial charge in [0, 0.05) is 10.8 Å². The van der Waals surface area contributed by atoms with E-state index in [0.717, 1.165) is 27.4 Å². The van der Waals surface area contributed by atoms with Crippen LogP contribution in [0.25, 0.3) is 22.4 Å². The van der Waals surface area contributed by atoms with Gasteiger partial charge in [-0.2, -0.15) is 0 Å². The lowest BCUT2D eigenvalue weighted by Gasteiger charge is -1.86. The van der Waals surface area contributed by atoms with Gasteiger partial charge >= 0.3 is 0 Å². The fourth-order valence-electron chi connectivity index (χ4n) is 1.58. The zero-order valence-corrected chi connectivity index (χ0v) is 9.04. The molecule has 2 heterocycles. The molecule has 0 bridgehead atoms. The first kappa shape index (κ1) is 8.68. The molecular weight excluding hydrogens is 206 g/mol. The third-order valence-electron chi connectivity index (χ3n) is 2.30. The highest BCUT2D eigenvalue weighted by Crippen LogP contribution is 2.28. The van der Waals surface area contributed by atoms with E-state index in [1.54, 1.807) is 11.3 Å². The van der Waals surface area contributed by atoms with Gasteiger partial charge in [0.05, 0.1) is 5.01 Å². The second-order valence-electron chi connectivity index (χ2n) is 3.40. The zero-order chi connectivity index (χ0) is 10.3. The van der Waals surface area contributed by atoms with E-state index >= 15 is 0 Å². The van der Waals surface area contributed by atoms with Crippen LogP contribution in [0.5, 0.6) is 0 Å². The molecule has 1 aromatic carbocycles. The summed E-state index contributed by atoms with van der Waals surface area (Å²) in [7, 11) is 0. The molecule has 2 aromatic heterocycles. The molecule has 3 heteroatoms. The van der Waals surface area contributed by atoms with E-state index < -0.39 is 0 Å². The Morgan fingerprint density at radius 3 is 2.87 bits per heavy atom. The van der Waals surface area contributed by atoms with Crippen LogP contribution >= 0.6 is 11.3 Å². The van der Waals surface area contributed by atoms with Gasteiger partial charge < -0.3 is 4.42 Å². The Morgan fingerprint density at radius 2 is 2.13 bits per heavy atom. The molecule has 0 radical (unpaired) electrons. The molecule has 0 aliphatic carbocycles. The van der Waals surface area contributed by atoms with Crippen LogP contribution in [0.1, 0.15) is 5.01 Å². The largest absolute Gasteiger partial charge is 0.454 e. The van der Waals surface area contributed by atoms with Crippen molar-refractivity contribution < 1.29 is 4.42 Å². The van der Waals surface area contributed by atoms with Crippen molar-refractivity contribution in [1.29, 1.82) is 0 Å². The maximum Gasteiger partial charge on any atom is 0.154 e. The van der Waals surface area contributed by atoms with Crippen molar-refractivity contribution in [3.05, 3.63) is 40.7 Å². The summed E-state index contributed by atoms with van der Waals surface area (Å²) < 4.78 is 5.71. The molecule has 74 valence electrons. The first-order chi connectivity index (χ1) is 7.33. The molecule has 3 rings (SSSR count). The maximum absolute atomic E-state index is 5.71. The number of hydrogen-bond donors (Lipinski definition) is 0. The quantitative estimate of drug-likeness (QED) is 0.616. The summed E-state index contributed by atoms with van der Waals surface area (Å²) in [6, 6.07) is 10.0. The molecule has 0 aliphatic rings. The standard InChI is InChI=1S/C12H9NOS/c1-8-13-10(7-15-8)12-6-9-4-2-3-5-11(9)14-12/h2-7H,1H3. The monoisotopic (exact) mass is 215 g/mol. The summed E-state index contributed by atoms with van der Waals surface area (Å²) in [6.07, 6.45) is 0. The number of para-hydroxylation sites is 1. The lowest BCUT2D eigenvalue weighted by molar-refractivity contribution is 0.629. The summed E-state index contributed by atoms with van der Waals surface area (Å²) >= 11 is 1.64. The number of fused-ring (bicyclic) bond motifs is 1. The Bertz CT molecular complexity index is 576. The first-order valence-corrected chi connectivity index (χ1v) is 5.62. The molecule has 0 aliphatic heterocycles. The fourth-order valence-corrected chi connectivity index (χ4v) is 2.19. The van der Waals surface area contributed by atoms with Crippen molar-refractivity contribution >= 4 is 22.3 Å². The lowest BCUT2D eigenvalue weighted by Crippen LogP contribution is -1.72. The van der Waals surface area contributed by atoms with E-state index in [4.69, 9.17) is 4.42 Å². The molecule has 0 fully saturated rings. The fraction of sp³-hybridized carbons (Fsp3) is 0.0833. The van der Waals surface area contributed by atoms with Gasteiger partial charge in [0.1, 0.15) is 11.3 Å². The van der Waals surface area contributed by atoms with Crippen molar-refractivity contribution in [1.82, 2.24) is 4.98 Å². The van der Waals surface area contributed by atoms with Gasteiger partial charge in [-0.15, -0.1) is 11.3 Å². The van der Waals surface area contributed by atoms with Crippen molar-refractivity contribution in [3.63, 3.8) is 0 Å². The highest BCUT2D eigenvalue weighted by Gasteiger charge is 2.07. The topological polar surface area (TPSA) is 26.0 Å². The molecule has 3 aromatic rings. The Kier molecular flexibility index (Phi) is 1.86. The van der Waals surface area contributed by atoms with Gasteiger partial charge in [0.25, 0.3) is 0 Å². The van der Waals surface area contributed by atoms with Crippen LogP contribution in [0.3, 0.4) is 0 Å². The number of hydrogen-bond acceptors (Lipinski definition) is 3. The number of nitrogens with zero attached hydrogens (tertiary/aromatic N) is 1. The predicted octanol–water partition coefficient (Wildman–Crippen LogP) is 3.86. The minimum Gasteiger partial charge on any atom is -0.454 e. The minimum atomic E-state index is 0.848. The highest BCUT2D eigenvalue weighted by atomic mass is 32.1. The van der Waals surface area contributed by atoms with Gasteiger partial charge in [-0.25, -0.2) is 4.98 Å². The van der Waals surface area contributed by atoms with Gasteiger partial charge in [-0.05, 0) is 19.1 Å². The van der Waals surface area contributed by atoms with Crippen molar-refractivity contribution in [2.75, 3.05) is 0 Å². The molecule has 2 nitrogen and oxygen atoms in total. The maximum atomic E-state index is 5.71. The van der Waals surface area contributed by atoms with E-state index in [1.807, 2.05) is 42.6 Å². The van der Waals surface area contributed by atoms with E-state index in [2.05, 4.69) is 4.98 Å². The predicted molar refractivity (Wildman–Crippen MR) is 62.1 cm³/mol. The van der Waals surface area contributed by atoms with Crippen LogP contribution < -0.4 is 0 Å². The minimum absolute atomic E-state index is 0.848. The van der Waals surface area contributed by atoms with Gasteiger partial charge in [-0.3, -0.25) is 0 Å². The molecule has 0 unspecified atom stereocenters. The number of thiazole rings is 1. The summed E-state index contributed by atoms with van der Waals surface area (Å²) in [5.41, 5.74) is 1.84. The highest BCUT2D eigenvalue weighted by molar-refractivity contribution is 7.09. The van der Waals surface area contributed by atoms with Crippen molar-refractivity contribution in [2.24, 2.45) is 0 Å². The third kappa shape index (κ3) is 1.45. The Hall–Kier alpha value is -1.61. The van der Waals surface area contributed by atoms with E-state index in [-0.39, 0.29) is 0 Å². The molecule has 0 N–H and O–H groups in total. The summed E-state index contributed by atoms with van der Waals surface area (Å²) in [6.45, 7) is 2.00. The first-order valence-electron chi connectivity index (χ1n) is 4.74. The number of furan rings is 1. The van der Waals surface area contributed by atoms with Crippen molar-refractivity contribution in [3.8, 4) is 11.5 Å². The van der Waals surface area contributed by atoms with E-state index in [0.29, 0.717) is 0 Å². The molecule has 0 saturated heterocycles. The van der Waals surface area contributed by atoms with Crippen LogP contribution in [0.2, 0.25) is 0 Å². The Labute approximate surface area is 91.2 Å². The molecule has 0 amide bonds. The van der Waals surface area contributed by atoms with Gasteiger partial charge in [-0.1, -0.05) is 18.2 Å². The lowest BCUT2D eigenvalue weighted by atomic mass is 10.2. The van der Waals surface area contributed by atoms with Crippen LogP contribution in [-0.2, 0) is 0 Å². The van der Waals surface area contributed by atoms with Crippen molar-refractivity contribution in [2.45, 2.75) is 6.92 Å². The van der Waals surface area contributed by atoms with E-state index in [1.165, 1.54) is 0 Å². The van der Waals surface area contributed by atoms with Gasteiger partial charge in [0.2, 0.25) is 0 Å². The molecule has 0 saturated carbocycles. The number of aromatic nitrogens is 1. The van der Waals surface area contributed by atoms with Crippen LogP contribution in [0.4, 0.5) is 0 Å². The zero-order valence-electron chi connectivity index (χ0n) is 8.23. The molecular formula is C12H9NOS. The Morgan fingerprint density at radius 1 is 1.27 bits per heavy atom. The van der Waals surface area contributed by atoms with Gasteiger partial charge in [0.15, 0.2) is 5.76 Å². The van der Waals surface area contributed by atoms with E-state index in [9.17, 15) is 0 Å². The second-order valence-corrected chi connectivity index (χ2v) is 4.46. The van der Waals surface area contributed by atoms with Crippen LogP contribution in [0, 0.1) is 6.92 Å². The molecule has 0 atom stereocenters. The molecule has 0 spiro atoms. The average Bonchev–Trinajstić information content (AvgIpc) is 2.82. The second kappa shape index (κ2) is 3.21. The Balaban J connectivity index is 2.19. The third-order valence-corrected chi connectivity index (χ3v) is 3.07. The average molecular weight is 215 g/mol. The number of aryl methyl sites for hydroxylation is 1. The summed E-state index contributed by atoms with van der Waals surface area (Å²) in [5, 5.41) is 4.20. The number of rotatable bonds is 1. The normalized spacial score (nSPS) is 11.0. The van der Waals surface area contributed by atoms with Crippen LogP contribution in [0.15, 0.2) is 40.1 Å². The summed E-state index contributed by atoms with van der Waals surface area (Å²) in [5.74, 6) is 0.848. The smallest absolute Gasteiger partial charge is 0.154 e. The number of benzene rings is 1. The van der Waals surface area contributed by atoms with Crippen LogP contribution in [-0.4, -0.2) is 4.98 Å².